The zero-order valence-corrected chi connectivity index (χ0v) is 9.60. The van der Waals surface area contributed by atoms with Crippen molar-refractivity contribution in [1.29, 1.82) is 0 Å². The summed E-state index contributed by atoms with van der Waals surface area (Å²) in [6, 6.07) is 2.91. The highest BCUT2D eigenvalue weighted by Crippen LogP contribution is 2.11. The Hall–Kier alpha value is -2.48. The third-order valence-corrected chi connectivity index (χ3v) is 2.20. The Morgan fingerprint density at radius 2 is 2.17 bits per heavy atom. The Bertz CT molecular complexity index is 611. The van der Waals surface area contributed by atoms with E-state index in [1.54, 1.807) is 0 Å². The second-order valence-electron chi connectivity index (χ2n) is 3.20. The fourth-order valence-electron chi connectivity index (χ4n) is 1.19. The molecule has 0 aliphatic heterocycles. The molecule has 0 unspecified atom stereocenters. The zero-order valence-electron chi connectivity index (χ0n) is 8.85. The minimum Gasteiger partial charge on any atom is -0.364 e. The van der Waals surface area contributed by atoms with Crippen molar-refractivity contribution >= 4 is 29.2 Å². The van der Waals surface area contributed by atoms with Crippen LogP contribution in [-0.4, -0.2) is 32.2 Å². The molecule has 0 aliphatic rings. The number of nitrogens with zero attached hydrogens (tertiary/aromatic N) is 3. The smallest absolute Gasteiger partial charge is 0.275 e. The Labute approximate surface area is 106 Å². The SMILES string of the molecule is NC(=O)c1n[nH]nc1NC(=O)c1cc(Cl)ccn1. The van der Waals surface area contributed by atoms with Crippen molar-refractivity contribution in [3.63, 3.8) is 0 Å². The number of nitrogens with one attached hydrogen (secondary N) is 2. The molecule has 0 saturated heterocycles. The van der Waals surface area contributed by atoms with Crippen LogP contribution in [0.1, 0.15) is 21.0 Å². The molecule has 8 nitrogen and oxygen atoms in total. The summed E-state index contributed by atoms with van der Waals surface area (Å²) in [6.07, 6.45) is 1.38. The molecule has 92 valence electrons. The first-order chi connectivity index (χ1) is 8.58. The van der Waals surface area contributed by atoms with E-state index in [0.29, 0.717) is 5.02 Å². The van der Waals surface area contributed by atoms with Crippen molar-refractivity contribution in [1.82, 2.24) is 20.4 Å². The van der Waals surface area contributed by atoms with E-state index >= 15 is 0 Å². The minimum absolute atomic E-state index is 0.0609. The van der Waals surface area contributed by atoms with Gasteiger partial charge in [-0.05, 0) is 12.1 Å². The Morgan fingerprint density at radius 1 is 1.39 bits per heavy atom. The molecule has 2 rings (SSSR count). The molecule has 0 fully saturated rings. The van der Waals surface area contributed by atoms with Gasteiger partial charge in [0.05, 0.1) is 0 Å². The number of hydrogen-bond donors (Lipinski definition) is 3. The number of carbonyl (C=O) groups excluding carboxylic acids is 2. The van der Waals surface area contributed by atoms with Gasteiger partial charge in [0.15, 0.2) is 11.5 Å². The molecular weight excluding hydrogens is 260 g/mol. The Morgan fingerprint density at radius 3 is 2.83 bits per heavy atom. The number of pyridine rings is 1. The molecule has 0 aromatic carbocycles. The van der Waals surface area contributed by atoms with Crippen LogP contribution < -0.4 is 11.1 Å². The average molecular weight is 267 g/mol. The fraction of sp³-hybridized carbons (Fsp3) is 0. The van der Waals surface area contributed by atoms with Crippen LogP contribution in [0.4, 0.5) is 5.82 Å². The van der Waals surface area contributed by atoms with Crippen LogP contribution in [-0.2, 0) is 0 Å². The number of anilines is 1. The largest absolute Gasteiger partial charge is 0.364 e. The van der Waals surface area contributed by atoms with E-state index in [0.717, 1.165) is 0 Å². The lowest BCUT2D eigenvalue weighted by atomic mass is 10.3. The normalized spacial score (nSPS) is 10.1. The summed E-state index contributed by atoms with van der Waals surface area (Å²) in [5, 5.41) is 12.0. The van der Waals surface area contributed by atoms with E-state index < -0.39 is 11.8 Å². The van der Waals surface area contributed by atoms with Gasteiger partial charge in [-0.15, -0.1) is 10.2 Å². The van der Waals surface area contributed by atoms with Crippen molar-refractivity contribution in [2.45, 2.75) is 0 Å². The summed E-state index contributed by atoms with van der Waals surface area (Å²) in [5.74, 6) is -1.44. The molecule has 2 heterocycles. The van der Waals surface area contributed by atoms with Gasteiger partial charge in [0.2, 0.25) is 0 Å². The molecule has 0 atom stereocenters. The highest BCUT2D eigenvalue weighted by atomic mass is 35.5. The van der Waals surface area contributed by atoms with Crippen LogP contribution in [0.25, 0.3) is 0 Å². The van der Waals surface area contributed by atoms with Crippen LogP contribution in [0.2, 0.25) is 5.02 Å². The second kappa shape index (κ2) is 4.80. The number of halogens is 1. The van der Waals surface area contributed by atoms with Crippen LogP contribution in [0.3, 0.4) is 0 Å². The molecule has 2 amide bonds. The number of H-pyrrole nitrogens is 1. The lowest BCUT2D eigenvalue weighted by molar-refractivity contribution is 0.0996. The standard InChI is InChI=1S/C9H7ClN6O2/c10-4-1-2-12-5(3-4)9(18)13-8-6(7(11)17)14-16-15-8/h1-3H,(H2,11,17)(H2,13,14,15,16,18). The van der Waals surface area contributed by atoms with Gasteiger partial charge in [-0.2, -0.15) is 5.21 Å². The van der Waals surface area contributed by atoms with Gasteiger partial charge in [-0.1, -0.05) is 11.6 Å². The molecule has 18 heavy (non-hydrogen) atoms. The minimum atomic E-state index is -0.807. The van der Waals surface area contributed by atoms with E-state index in [-0.39, 0.29) is 17.2 Å². The monoisotopic (exact) mass is 266 g/mol. The van der Waals surface area contributed by atoms with E-state index in [1.165, 1.54) is 18.3 Å². The highest BCUT2D eigenvalue weighted by molar-refractivity contribution is 6.31. The van der Waals surface area contributed by atoms with Gasteiger partial charge in [0.25, 0.3) is 11.8 Å². The maximum atomic E-state index is 11.8. The lowest BCUT2D eigenvalue weighted by Gasteiger charge is -2.01. The van der Waals surface area contributed by atoms with E-state index in [1.807, 2.05) is 0 Å². The van der Waals surface area contributed by atoms with Crippen molar-refractivity contribution in [3.05, 3.63) is 34.7 Å². The summed E-state index contributed by atoms with van der Waals surface area (Å²) in [7, 11) is 0. The number of carbonyl (C=O) groups is 2. The predicted octanol–water partition coefficient (Wildman–Crippen LogP) is 0.204. The van der Waals surface area contributed by atoms with Gasteiger partial charge in [-0.25, -0.2) is 0 Å². The number of hydrogen-bond acceptors (Lipinski definition) is 5. The van der Waals surface area contributed by atoms with Crippen molar-refractivity contribution < 1.29 is 9.59 Å². The number of nitrogens with two attached hydrogens (primary N) is 1. The molecule has 0 spiro atoms. The predicted molar refractivity (Wildman–Crippen MR) is 62.1 cm³/mol. The zero-order chi connectivity index (χ0) is 13.1. The molecule has 0 saturated carbocycles. The van der Waals surface area contributed by atoms with Gasteiger partial charge in [-0.3, -0.25) is 14.6 Å². The number of amides is 2. The van der Waals surface area contributed by atoms with Crippen LogP contribution in [0.5, 0.6) is 0 Å². The molecule has 0 radical (unpaired) electrons. The molecule has 9 heteroatoms. The van der Waals surface area contributed by atoms with Gasteiger partial charge in [0, 0.05) is 11.2 Å². The maximum Gasteiger partial charge on any atom is 0.275 e. The van der Waals surface area contributed by atoms with E-state index in [2.05, 4.69) is 25.7 Å². The topological polar surface area (TPSA) is 127 Å². The highest BCUT2D eigenvalue weighted by Gasteiger charge is 2.17. The second-order valence-corrected chi connectivity index (χ2v) is 3.63. The van der Waals surface area contributed by atoms with Crippen molar-refractivity contribution in [2.75, 3.05) is 5.32 Å². The van der Waals surface area contributed by atoms with Crippen molar-refractivity contribution in [3.8, 4) is 0 Å². The van der Waals surface area contributed by atoms with Crippen LogP contribution in [0.15, 0.2) is 18.3 Å². The quantitative estimate of drug-likeness (QED) is 0.731. The van der Waals surface area contributed by atoms with Crippen LogP contribution in [0, 0.1) is 0 Å². The molecule has 2 aromatic heterocycles. The summed E-state index contributed by atoms with van der Waals surface area (Å²) in [5.41, 5.74) is 4.97. The summed E-state index contributed by atoms with van der Waals surface area (Å²) >= 11 is 5.72. The Kier molecular flexibility index (Phi) is 3.20. The number of aromatic amines is 1. The fourth-order valence-corrected chi connectivity index (χ4v) is 1.35. The third kappa shape index (κ3) is 2.43. The third-order valence-electron chi connectivity index (χ3n) is 1.97. The number of aromatic nitrogens is 4. The van der Waals surface area contributed by atoms with Crippen LogP contribution >= 0.6 is 11.6 Å². The van der Waals surface area contributed by atoms with E-state index in [4.69, 9.17) is 17.3 Å². The molecular formula is C9H7ClN6O2. The summed E-state index contributed by atoms with van der Waals surface area (Å²) < 4.78 is 0. The first-order valence-electron chi connectivity index (χ1n) is 4.71. The van der Waals surface area contributed by atoms with Gasteiger partial charge < -0.3 is 11.1 Å². The number of primary amides is 1. The van der Waals surface area contributed by atoms with Gasteiger partial charge in [0.1, 0.15) is 5.69 Å². The molecule has 0 aliphatic carbocycles. The first kappa shape index (κ1) is 12.0. The number of rotatable bonds is 3. The summed E-state index contributed by atoms with van der Waals surface area (Å²) in [6.45, 7) is 0. The summed E-state index contributed by atoms with van der Waals surface area (Å²) in [4.78, 5) is 26.6. The molecule has 0 bridgehead atoms. The molecule has 2 aromatic rings. The Balaban J connectivity index is 2.21. The molecule has 4 N–H and O–H groups in total. The maximum absolute atomic E-state index is 11.8. The van der Waals surface area contributed by atoms with E-state index in [9.17, 15) is 9.59 Å². The first-order valence-corrected chi connectivity index (χ1v) is 5.09. The average Bonchev–Trinajstić information content (AvgIpc) is 2.77. The van der Waals surface area contributed by atoms with Crippen molar-refractivity contribution in [2.24, 2.45) is 5.73 Å². The lowest BCUT2D eigenvalue weighted by Crippen LogP contribution is -2.19. The van der Waals surface area contributed by atoms with Gasteiger partial charge >= 0.3 is 0 Å².